The van der Waals surface area contributed by atoms with Crippen LogP contribution in [-0.2, 0) is 6.42 Å². The van der Waals surface area contributed by atoms with Gasteiger partial charge in [-0.3, -0.25) is 0 Å². The van der Waals surface area contributed by atoms with Crippen molar-refractivity contribution in [3.63, 3.8) is 0 Å². The molecule has 0 bridgehead atoms. The van der Waals surface area contributed by atoms with E-state index in [1.165, 1.54) is 18.6 Å². The van der Waals surface area contributed by atoms with Gasteiger partial charge in [0.15, 0.2) is 0 Å². The summed E-state index contributed by atoms with van der Waals surface area (Å²) in [4.78, 5) is 13.8. The number of rotatable bonds is 3. The van der Waals surface area contributed by atoms with Gasteiger partial charge in [-0.1, -0.05) is 6.07 Å². The molecular formula is C15H21FN2O. The number of halogens is 1. The van der Waals surface area contributed by atoms with Crippen LogP contribution in [0.5, 0.6) is 0 Å². The third-order valence-corrected chi connectivity index (χ3v) is 3.62. The van der Waals surface area contributed by atoms with Crippen LogP contribution in [0.1, 0.15) is 30.4 Å². The lowest BCUT2D eigenvalue weighted by Gasteiger charge is -2.26. The Morgan fingerprint density at radius 1 is 1.32 bits per heavy atom. The fourth-order valence-corrected chi connectivity index (χ4v) is 2.45. The van der Waals surface area contributed by atoms with Crippen LogP contribution >= 0.6 is 0 Å². The fourth-order valence-electron chi connectivity index (χ4n) is 2.45. The van der Waals surface area contributed by atoms with Crippen LogP contribution in [0.4, 0.5) is 9.18 Å². The van der Waals surface area contributed by atoms with Crippen molar-refractivity contribution in [2.75, 3.05) is 19.6 Å². The zero-order valence-corrected chi connectivity index (χ0v) is 11.4. The Morgan fingerprint density at radius 2 is 2.05 bits per heavy atom. The molecule has 0 radical (unpaired) electrons. The van der Waals surface area contributed by atoms with Gasteiger partial charge in [-0.25, -0.2) is 9.18 Å². The van der Waals surface area contributed by atoms with E-state index in [0.717, 1.165) is 43.5 Å². The van der Waals surface area contributed by atoms with Crippen molar-refractivity contribution in [2.45, 2.75) is 32.6 Å². The molecule has 0 saturated carbocycles. The normalized spacial score (nSPS) is 15.4. The van der Waals surface area contributed by atoms with Gasteiger partial charge < -0.3 is 10.2 Å². The van der Waals surface area contributed by atoms with Gasteiger partial charge in [0.1, 0.15) is 5.82 Å². The smallest absolute Gasteiger partial charge is 0.317 e. The van der Waals surface area contributed by atoms with Crippen LogP contribution in [0, 0.1) is 12.7 Å². The number of carbonyl (C=O) groups excluding carboxylic acids is 1. The fraction of sp³-hybridized carbons (Fsp3) is 0.533. The van der Waals surface area contributed by atoms with E-state index in [2.05, 4.69) is 5.32 Å². The molecule has 0 aliphatic carbocycles. The van der Waals surface area contributed by atoms with Gasteiger partial charge in [-0.15, -0.1) is 0 Å². The van der Waals surface area contributed by atoms with Crippen LogP contribution in [0.15, 0.2) is 18.2 Å². The average Bonchev–Trinajstić information content (AvgIpc) is 2.42. The molecule has 0 spiro atoms. The summed E-state index contributed by atoms with van der Waals surface area (Å²) in [5, 5.41) is 2.94. The third kappa shape index (κ3) is 3.94. The Bertz CT molecular complexity index is 442. The van der Waals surface area contributed by atoms with Crippen LogP contribution in [0.2, 0.25) is 0 Å². The van der Waals surface area contributed by atoms with E-state index in [9.17, 15) is 9.18 Å². The average molecular weight is 264 g/mol. The maximum atomic E-state index is 13.0. The van der Waals surface area contributed by atoms with E-state index in [-0.39, 0.29) is 11.8 Å². The summed E-state index contributed by atoms with van der Waals surface area (Å²) >= 11 is 0. The number of nitrogens with zero attached hydrogens (tertiary/aromatic N) is 1. The Kier molecular flexibility index (Phi) is 4.77. The predicted molar refractivity (Wildman–Crippen MR) is 73.7 cm³/mol. The molecule has 1 N–H and O–H groups in total. The number of carbonyl (C=O) groups is 1. The van der Waals surface area contributed by atoms with E-state index < -0.39 is 0 Å². The molecule has 1 fully saturated rings. The second kappa shape index (κ2) is 6.55. The molecule has 3 nitrogen and oxygen atoms in total. The molecule has 1 aliphatic heterocycles. The number of urea groups is 1. The van der Waals surface area contributed by atoms with Gasteiger partial charge in [0.05, 0.1) is 0 Å². The first-order valence-corrected chi connectivity index (χ1v) is 6.94. The van der Waals surface area contributed by atoms with Gasteiger partial charge in [-0.05, 0) is 55.9 Å². The third-order valence-electron chi connectivity index (χ3n) is 3.62. The lowest BCUT2D eigenvalue weighted by molar-refractivity contribution is 0.186. The number of benzene rings is 1. The van der Waals surface area contributed by atoms with Crippen LogP contribution in [0.3, 0.4) is 0 Å². The Balaban J connectivity index is 1.78. The van der Waals surface area contributed by atoms with Crippen molar-refractivity contribution < 1.29 is 9.18 Å². The summed E-state index contributed by atoms with van der Waals surface area (Å²) in [6.07, 6.45) is 4.17. The number of aryl methyl sites for hydroxylation is 1. The number of hydrogen-bond acceptors (Lipinski definition) is 1. The molecule has 2 amide bonds. The van der Waals surface area contributed by atoms with Crippen LogP contribution in [-0.4, -0.2) is 30.6 Å². The summed E-state index contributed by atoms with van der Waals surface area (Å²) < 4.78 is 13.0. The van der Waals surface area contributed by atoms with Crippen molar-refractivity contribution in [3.8, 4) is 0 Å². The molecule has 0 unspecified atom stereocenters. The molecule has 104 valence electrons. The zero-order valence-electron chi connectivity index (χ0n) is 11.4. The lowest BCUT2D eigenvalue weighted by Crippen LogP contribution is -2.43. The largest absolute Gasteiger partial charge is 0.338 e. The van der Waals surface area contributed by atoms with Crippen molar-refractivity contribution >= 4 is 6.03 Å². The summed E-state index contributed by atoms with van der Waals surface area (Å²) in [7, 11) is 0. The van der Waals surface area contributed by atoms with Crippen LogP contribution in [0.25, 0.3) is 0 Å². The maximum Gasteiger partial charge on any atom is 0.317 e. The molecular weight excluding hydrogens is 243 g/mol. The first-order valence-electron chi connectivity index (χ1n) is 6.94. The van der Waals surface area contributed by atoms with E-state index >= 15 is 0 Å². The second-order valence-corrected chi connectivity index (χ2v) is 5.10. The number of hydrogen-bond donors (Lipinski definition) is 1. The highest BCUT2D eigenvalue weighted by Gasteiger charge is 2.15. The van der Waals surface area contributed by atoms with E-state index in [1.807, 2.05) is 11.8 Å². The lowest BCUT2D eigenvalue weighted by atomic mass is 10.1. The highest BCUT2D eigenvalue weighted by atomic mass is 19.1. The van der Waals surface area contributed by atoms with Crippen molar-refractivity contribution in [1.29, 1.82) is 0 Å². The molecule has 0 atom stereocenters. The Labute approximate surface area is 113 Å². The highest BCUT2D eigenvalue weighted by molar-refractivity contribution is 5.74. The Hall–Kier alpha value is -1.58. The van der Waals surface area contributed by atoms with Gasteiger partial charge in [0, 0.05) is 19.6 Å². The molecule has 1 aromatic carbocycles. The number of likely N-dealkylation sites (tertiary alicyclic amines) is 1. The molecule has 1 aliphatic rings. The molecule has 0 aromatic heterocycles. The van der Waals surface area contributed by atoms with Crippen molar-refractivity contribution in [3.05, 3.63) is 35.1 Å². The molecule has 4 heteroatoms. The van der Waals surface area contributed by atoms with Gasteiger partial charge in [0.2, 0.25) is 0 Å². The number of nitrogens with one attached hydrogen (secondary N) is 1. The minimum absolute atomic E-state index is 0.0273. The summed E-state index contributed by atoms with van der Waals surface area (Å²) in [5.41, 5.74) is 2.02. The highest BCUT2D eigenvalue weighted by Crippen LogP contribution is 2.11. The van der Waals surface area contributed by atoms with Gasteiger partial charge >= 0.3 is 6.03 Å². The first kappa shape index (κ1) is 13.8. The molecule has 2 rings (SSSR count). The minimum atomic E-state index is -0.210. The molecule has 1 saturated heterocycles. The first-order chi connectivity index (χ1) is 9.16. The molecule has 1 aromatic rings. The second-order valence-electron chi connectivity index (χ2n) is 5.10. The van der Waals surface area contributed by atoms with E-state index in [1.54, 1.807) is 6.07 Å². The van der Waals surface area contributed by atoms with Gasteiger partial charge in [0.25, 0.3) is 0 Å². The van der Waals surface area contributed by atoms with Gasteiger partial charge in [-0.2, -0.15) is 0 Å². The zero-order chi connectivity index (χ0) is 13.7. The molecule has 1 heterocycles. The molecule has 19 heavy (non-hydrogen) atoms. The summed E-state index contributed by atoms with van der Waals surface area (Å²) in [6.45, 7) is 4.22. The minimum Gasteiger partial charge on any atom is -0.338 e. The number of amides is 2. The monoisotopic (exact) mass is 264 g/mol. The topological polar surface area (TPSA) is 32.3 Å². The van der Waals surface area contributed by atoms with Crippen molar-refractivity contribution in [1.82, 2.24) is 10.2 Å². The standard InChI is InChI=1S/C15H21FN2O/c1-12-11-14(16)6-5-13(12)7-8-17-15(19)18-9-3-2-4-10-18/h5-6,11H,2-4,7-10H2,1H3,(H,17,19). The quantitative estimate of drug-likeness (QED) is 0.894. The predicted octanol–water partition coefficient (Wildman–Crippen LogP) is 2.87. The van der Waals surface area contributed by atoms with Crippen molar-refractivity contribution in [2.24, 2.45) is 0 Å². The SMILES string of the molecule is Cc1cc(F)ccc1CCNC(=O)N1CCCCC1. The number of piperidine rings is 1. The summed E-state index contributed by atoms with van der Waals surface area (Å²) in [6, 6.07) is 4.81. The van der Waals surface area contributed by atoms with Crippen LogP contribution < -0.4 is 5.32 Å². The summed E-state index contributed by atoms with van der Waals surface area (Å²) in [5.74, 6) is -0.210. The maximum absolute atomic E-state index is 13.0. The van der Waals surface area contributed by atoms with E-state index in [0.29, 0.717) is 6.54 Å². The van der Waals surface area contributed by atoms with E-state index in [4.69, 9.17) is 0 Å². The Morgan fingerprint density at radius 3 is 2.74 bits per heavy atom.